The van der Waals surface area contributed by atoms with Gasteiger partial charge in [-0.1, -0.05) is 0 Å². The molecule has 1 N–H and O–H groups in total. The minimum atomic E-state index is 0.849. The molecule has 0 saturated carbocycles. The molecule has 20 heavy (non-hydrogen) atoms. The predicted octanol–water partition coefficient (Wildman–Crippen LogP) is 3.80. The van der Waals surface area contributed by atoms with Gasteiger partial charge in [0, 0.05) is 11.4 Å². The lowest BCUT2D eigenvalue weighted by Gasteiger charge is -2.01. The Bertz CT molecular complexity index is 722. The minimum absolute atomic E-state index is 0.849. The van der Waals surface area contributed by atoms with Crippen molar-refractivity contribution in [1.29, 1.82) is 0 Å². The van der Waals surface area contributed by atoms with Crippen molar-refractivity contribution in [2.45, 2.75) is 6.92 Å². The predicted molar refractivity (Wildman–Crippen MR) is 83.6 cm³/mol. The lowest BCUT2D eigenvalue weighted by Crippen LogP contribution is -1.98. The molecule has 0 aliphatic heterocycles. The van der Waals surface area contributed by atoms with Crippen molar-refractivity contribution in [3.63, 3.8) is 0 Å². The fourth-order valence-electron chi connectivity index (χ4n) is 2.05. The van der Waals surface area contributed by atoms with E-state index in [1.165, 1.54) is 4.88 Å². The molecule has 2 aromatic heterocycles. The molecule has 0 radical (unpaired) electrons. The highest BCUT2D eigenvalue weighted by Crippen LogP contribution is 2.35. The highest BCUT2D eigenvalue weighted by molar-refractivity contribution is 7.22. The van der Waals surface area contributed by atoms with Crippen molar-refractivity contribution in [2.75, 3.05) is 19.0 Å². The monoisotopic (exact) mass is 285 g/mol. The Labute approximate surface area is 121 Å². The zero-order valence-electron chi connectivity index (χ0n) is 11.4. The van der Waals surface area contributed by atoms with Crippen LogP contribution in [0.3, 0.4) is 0 Å². The summed E-state index contributed by atoms with van der Waals surface area (Å²) in [6, 6.07) is 10.2. The summed E-state index contributed by atoms with van der Waals surface area (Å²) in [5, 5.41) is 3.27. The molecule has 0 aliphatic rings. The second-order valence-corrected chi connectivity index (χ2v) is 5.36. The van der Waals surface area contributed by atoms with E-state index in [9.17, 15) is 0 Å². The number of aromatic nitrogens is 2. The molecule has 0 fully saturated rings. The number of methoxy groups -OCH3 is 1. The van der Waals surface area contributed by atoms with E-state index < -0.39 is 0 Å². The average molecular weight is 285 g/mol. The summed E-state index contributed by atoms with van der Waals surface area (Å²) in [7, 11) is 1.67. The highest BCUT2D eigenvalue weighted by Gasteiger charge is 2.09. The van der Waals surface area contributed by atoms with Gasteiger partial charge in [-0.05, 0) is 42.8 Å². The second kappa shape index (κ2) is 5.46. The quantitative estimate of drug-likeness (QED) is 0.792. The molecule has 0 unspecified atom stereocenters. The molecule has 0 amide bonds. The van der Waals surface area contributed by atoms with E-state index in [0.29, 0.717) is 0 Å². The van der Waals surface area contributed by atoms with Crippen molar-refractivity contribution < 1.29 is 4.74 Å². The molecule has 1 aromatic carbocycles. The van der Waals surface area contributed by atoms with Crippen molar-refractivity contribution in [3.8, 4) is 16.2 Å². The Hall–Kier alpha value is -2.14. The van der Waals surface area contributed by atoms with Gasteiger partial charge in [0.25, 0.3) is 0 Å². The summed E-state index contributed by atoms with van der Waals surface area (Å²) in [6.07, 6.45) is 1.60. The second-order valence-electron chi connectivity index (χ2n) is 4.31. The maximum absolute atomic E-state index is 5.19. The molecule has 0 bridgehead atoms. The number of nitrogens with zero attached hydrogens (tertiary/aromatic N) is 2. The Balaban J connectivity index is 2.05. The van der Waals surface area contributed by atoms with Crippen LogP contribution in [-0.2, 0) is 0 Å². The van der Waals surface area contributed by atoms with Gasteiger partial charge in [-0.3, -0.25) is 0 Å². The summed E-state index contributed by atoms with van der Waals surface area (Å²) in [5.41, 5.74) is 2.14. The lowest BCUT2D eigenvalue weighted by molar-refractivity contribution is 0.415. The van der Waals surface area contributed by atoms with Crippen LogP contribution in [-0.4, -0.2) is 23.6 Å². The van der Waals surface area contributed by atoms with E-state index in [2.05, 4.69) is 40.4 Å². The van der Waals surface area contributed by atoms with E-state index in [1.807, 2.05) is 12.1 Å². The van der Waals surface area contributed by atoms with Crippen LogP contribution < -0.4 is 10.1 Å². The number of benzene rings is 1. The third-order valence-electron chi connectivity index (χ3n) is 3.03. The fraction of sp³-hybridized carbons (Fsp3) is 0.200. The van der Waals surface area contributed by atoms with Gasteiger partial charge in [-0.25, -0.2) is 9.97 Å². The van der Waals surface area contributed by atoms with Gasteiger partial charge >= 0.3 is 0 Å². The summed E-state index contributed by atoms with van der Waals surface area (Å²) >= 11 is 1.70. The minimum Gasteiger partial charge on any atom is -0.497 e. The van der Waals surface area contributed by atoms with Crippen LogP contribution in [0.1, 0.15) is 6.92 Å². The number of hydrogen-bond acceptors (Lipinski definition) is 5. The van der Waals surface area contributed by atoms with Crippen LogP contribution >= 0.6 is 11.3 Å². The number of fused-ring (bicyclic) bond motifs is 1. The standard InChI is InChI=1S/C15H15N3OS/c1-3-16-15-14-12(17-9-18-15)8-13(20-14)10-4-6-11(19-2)7-5-10/h4-9H,3H2,1-2H3,(H,16,17,18). The molecule has 102 valence electrons. The van der Waals surface area contributed by atoms with Gasteiger partial charge < -0.3 is 10.1 Å². The van der Waals surface area contributed by atoms with Crippen LogP contribution in [0.5, 0.6) is 5.75 Å². The Morgan fingerprint density at radius 2 is 2.00 bits per heavy atom. The van der Waals surface area contributed by atoms with Crippen molar-refractivity contribution >= 4 is 27.4 Å². The smallest absolute Gasteiger partial charge is 0.147 e. The molecular formula is C15H15N3OS. The first-order valence-corrected chi connectivity index (χ1v) is 7.26. The van der Waals surface area contributed by atoms with E-state index in [0.717, 1.165) is 33.9 Å². The molecule has 0 saturated heterocycles. The van der Waals surface area contributed by atoms with Crippen LogP contribution in [0.25, 0.3) is 20.7 Å². The molecule has 3 aromatic rings. The van der Waals surface area contributed by atoms with E-state index in [1.54, 1.807) is 24.8 Å². The average Bonchev–Trinajstić information content (AvgIpc) is 2.93. The number of ether oxygens (including phenoxy) is 1. The summed E-state index contributed by atoms with van der Waals surface area (Å²) in [5.74, 6) is 1.77. The fourth-order valence-corrected chi connectivity index (χ4v) is 3.13. The third kappa shape index (κ3) is 2.32. The molecule has 3 rings (SSSR count). The van der Waals surface area contributed by atoms with Gasteiger partial charge in [0.15, 0.2) is 0 Å². The molecule has 4 nitrogen and oxygen atoms in total. The summed E-state index contributed by atoms with van der Waals surface area (Å²) in [6.45, 7) is 2.91. The van der Waals surface area contributed by atoms with E-state index in [-0.39, 0.29) is 0 Å². The van der Waals surface area contributed by atoms with Crippen LogP contribution in [0, 0.1) is 0 Å². The molecule has 0 atom stereocenters. The maximum atomic E-state index is 5.19. The van der Waals surface area contributed by atoms with Crippen molar-refractivity contribution in [3.05, 3.63) is 36.7 Å². The number of nitrogens with one attached hydrogen (secondary N) is 1. The van der Waals surface area contributed by atoms with Crippen molar-refractivity contribution in [2.24, 2.45) is 0 Å². The summed E-state index contributed by atoms with van der Waals surface area (Å²) in [4.78, 5) is 9.82. The van der Waals surface area contributed by atoms with E-state index >= 15 is 0 Å². The zero-order valence-corrected chi connectivity index (χ0v) is 12.2. The summed E-state index contributed by atoms with van der Waals surface area (Å²) < 4.78 is 6.28. The first kappa shape index (κ1) is 12.9. The largest absolute Gasteiger partial charge is 0.497 e. The number of rotatable bonds is 4. The topological polar surface area (TPSA) is 47.0 Å². The first-order chi connectivity index (χ1) is 9.81. The highest BCUT2D eigenvalue weighted by atomic mass is 32.1. The van der Waals surface area contributed by atoms with Gasteiger partial charge in [0.2, 0.25) is 0 Å². The molecule has 0 aliphatic carbocycles. The number of anilines is 1. The van der Waals surface area contributed by atoms with Crippen LogP contribution in [0.4, 0.5) is 5.82 Å². The van der Waals surface area contributed by atoms with Gasteiger partial charge in [0.05, 0.1) is 17.3 Å². The molecule has 5 heteroatoms. The SMILES string of the molecule is CCNc1ncnc2cc(-c3ccc(OC)cc3)sc12. The lowest BCUT2D eigenvalue weighted by atomic mass is 10.2. The zero-order chi connectivity index (χ0) is 13.9. The molecule has 2 heterocycles. The van der Waals surface area contributed by atoms with E-state index in [4.69, 9.17) is 4.74 Å². The Morgan fingerprint density at radius 1 is 1.20 bits per heavy atom. The molecule has 0 spiro atoms. The van der Waals surface area contributed by atoms with Gasteiger partial charge in [-0.15, -0.1) is 11.3 Å². The number of hydrogen-bond donors (Lipinski definition) is 1. The third-order valence-corrected chi connectivity index (χ3v) is 4.21. The van der Waals surface area contributed by atoms with Crippen molar-refractivity contribution in [1.82, 2.24) is 9.97 Å². The van der Waals surface area contributed by atoms with Crippen LogP contribution in [0.2, 0.25) is 0 Å². The van der Waals surface area contributed by atoms with Gasteiger partial charge in [-0.2, -0.15) is 0 Å². The van der Waals surface area contributed by atoms with Crippen LogP contribution in [0.15, 0.2) is 36.7 Å². The normalized spacial score (nSPS) is 10.7. The maximum Gasteiger partial charge on any atom is 0.147 e. The Morgan fingerprint density at radius 3 is 2.70 bits per heavy atom. The van der Waals surface area contributed by atoms with Gasteiger partial charge in [0.1, 0.15) is 17.9 Å². The number of thiophene rings is 1. The molecular weight excluding hydrogens is 270 g/mol. The first-order valence-electron chi connectivity index (χ1n) is 6.44. The Kier molecular flexibility index (Phi) is 3.52.